The van der Waals surface area contributed by atoms with Gasteiger partial charge >= 0.3 is 0 Å². The van der Waals surface area contributed by atoms with Gasteiger partial charge in [0.25, 0.3) is 5.69 Å². The minimum atomic E-state index is 0.893. The fraction of sp³-hybridized carbons (Fsp3) is 0.0833. The predicted octanol–water partition coefficient (Wildman–Crippen LogP) is 3.89. The molecule has 0 amide bonds. The predicted molar refractivity (Wildman–Crippen MR) is 104 cm³/mol. The van der Waals surface area contributed by atoms with Gasteiger partial charge < -0.3 is 0 Å². The minimum absolute atomic E-state index is 0.893. The van der Waals surface area contributed by atoms with E-state index in [0.717, 1.165) is 12.8 Å². The second-order valence-electron chi connectivity index (χ2n) is 6.78. The monoisotopic (exact) mass is 336 g/mol. The molecule has 5 rings (SSSR count). The average Bonchev–Trinajstić information content (AvgIpc) is 2.69. The van der Waals surface area contributed by atoms with Crippen LogP contribution >= 0.6 is 0 Å². The molecule has 0 radical (unpaired) electrons. The molecule has 1 aliphatic carbocycles. The van der Waals surface area contributed by atoms with Crippen LogP contribution in [0.1, 0.15) is 22.4 Å². The number of pyridine rings is 2. The topological polar surface area (TPSA) is 7.76 Å². The average molecular weight is 336 g/mol. The Balaban J connectivity index is 1.61. The second kappa shape index (κ2) is 6.23. The second-order valence-corrected chi connectivity index (χ2v) is 6.78. The van der Waals surface area contributed by atoms with Crippen LogP contribution in [0.25, 0.3) is 16.8 Å². The molecule has 0 bridgehead atoms. The van der Waals surface area contributed by atoms with Gasteiger partial charge in [-0.2, -0.15) is 0 Å². The Hall–Kier alpha value is -3.26. The molecule has 0 saturated heterocycles. The van der Waals surface area contributed by atoms with Crippen molar-refractivity contribution in [3.05, 3.63) is 114 Å². The van der Waals surface area contributed by atoms with Crippen molar-refractivity contribution < 1.29 is 9.35 Å². The molecule has 0 aliphatic heterocycles. The SMILES string of the molecule is C1=Cc2cc(Cc3cccc[n+]3-[n+]3ccccc3)cc3cccc(c23)C1. The third-order valence-electron chi connectivity index (χ3n) is 5.04. The van der Waals surface area contributed by atoms with Gasteiger partial charge in [0.2, 0.25) is 18.6 Å². The molecule has 2 aromatic heterocycles. The van der Waals surface area contributed by atoms with Gasteiger partial charge in [0, 0.05) is 24.3 Å². The first-order valence-electron chi connectivity index (χ1n) is 9.06. The quantitative estimate of drug-likeness (QED) is 0.502. The molecule has 4 aromatic rings. The van der Waals surface area contributed by atoms with Crippen molar-refractivity contribution in [1.82, 2.24) is 0 Å². The maximum Gasteiger partial charge on any atom is 0.258 e. The van der Waals surface area contributed by atoms with E-state index >= 15 is 0 Å². The van der Waals surface area contributed by atoms with Crippen molar-refractivity contribution in [3.63, 3.8) is 0 Å². The number of benzene rings is 2. The summed E-state index contributed by atoms with van der Waals surface area (Å²) in [5.74, 6) is 0. The molecule has 1 aliphatic rings. The summed E-state index contributed by atoms with van der Waals surface area (Å²) in [6, 6.07) is 23.9. The summed E-state index contributed by atoms with van der Waals surface area (Å²) >= 11 is 0. The molecule has 0 spiro atoms. The Morgan fingerprint density at radius 1 is 0.808 bits per heavy atom. The fourth-order valence-corrected chi connectivity index (χ4v) is 3.90. The van der Waals surface area contributed by atoms with Crippen LogP contribution in [0.5, 0.6) is 0 Å². The van der Waals surface area contributed by atoms with Gasteiger partial charge in [-0.05, 0) is 46.0 Å². The number of nitrogens with zero attached hydrogens (tertiary/aromatic N) is 2. The highest BCUT2D eigenvalue weighted by Crippen LogP contribution is 2.30. The lowest BCUT2D eigenvalue weighted by atomic mass is 9.90. The van der Waals surface area contributed by atoms with Crippen LogP contribution in [-0.4, -0.2) is 0 Å². The Morgan fingerprint density at radius 2 is 1.69 bits per heavy atom. The Kier molecular flexibility index (Phi) is 3.60. The van der Waals surface area contributed by atoms with Gasteiger partial charge in [-0.25, -0.2) is 0 Å². The molecular formula is C24H20N2+2. The molecule has 0 N–H and O–H groups in total. The van der Waals surface area contributed by atoms with Crippen molar-refractivity contribution in [2.24, 2.45) is 0 Å². The lowest BCUT2D eigenvalue weighted by Gasteiger charge is -2.14. The van der Waals surface area contributed by atoms with E-state index < -0.39 is 0 Å². The van der Waals surface area contributed by atoms with Crippen molar-refractivity contribution in [2.75, 3.05) is 0 Å². The van der Waals surface area contributed by atoms with Crippen molar-refractivity contribution in [1.29, 1.82) is 0 Å². The molecule has 2 aromatic carbocycles. The normalized spacial score (nSPS) is 12.5. The van der Waals surface area contributed by atoms with E-state index in [1.54, 1.807) is 0 Å². The van der Waals surface area contributed by atoms with Crippen LogP contribution < -0.4 is 9.35 Å². The molecule has 26 heavy (non-hydrogen) atoms. The summed E-state index contributed by atoms with van der Waals surface area (Å²) in [4.78, 5) is 0. The van der Waals surface area contributed by atoms with Crippen LogP contribution in [0.15, 0.2) is 91.4 Å². The Morgan fingerprint density at radius 3 is 2.62 bits per heavy atom. The van der Waals surface area contributed by atoms with E-state index in [9.17, 15) is 0 Å². The summed E-state index contributed by atoms with van der Waals surface area (Å²) in [5, 5.41) is 2.76. The highest BCUT2D eigenvalue weighted by atomic mass is 15.4. The van der Waals surface area contributed by atoms with E-state index in [2.05, 4.69) is 101 Å². The number of allylic oxidation sites excluding steroid dienone is 1. The zero-order valence-electron chi connectivity index (χ0n) is 14.5. The molecule has 2 heteroatoms. The summed E-state index contributed by atoms with van der Waals surface area (Å²) in [7, 11) is 0. The van der Waals surface area contributed by atoms with Gasteiger partial charge in [-0.15, -0.1) is 0 Å². The fourth-order valence-electron chi connectivity index (χ4n) is 3.90. The first kappa shape index (κ1) is 15.0. The maximum atomic E-state index is 2.34. The number of hydrogen-bond donors (Lipinski definition) is 0. The first-order chi connectivity index (χ1) is 12.9. The van der Waals surface area contributed by atoms with Crippen LogP contribution in [-0.2, 0) is 12.8 Å². The van der Waals surface area contributed by atoms with Gasteiger partial charge in [-0.3, -0.25) is 0 Å². The molecule has 0 unspecified atom stereocenters. The highest BCUT2D eigenvalue weighted by Gasteiger charge is 2.19. The zero-order chi connectivity index (χ0) is 17.3. The van der Waals surface area contributed by atoms with Crippen molar-refractivity contribution in [3.8, 4) is 0 Å². The highest BCUT2D eigenvalue weighted by molar-refractivity contribution is 5.95. The largest absolute Gasteiger partial charge is 0.258 e. The van der Waals surface area contributed by atoms with E-state index in [1.807, 2.05) is 6.07 Å². The molecule has 0 fully saturated rings. The van der Waals surface area contributed by atoms with E-state index in [1.165, 1.54) is 33.2 Å². The van der Waals surface area contributed by atoms with E-state index in [0.29, 0.717) is 0 Å². The molecule has 0 atom stereocenters. The Bertz CT molecular complexity index is 1130. The number of hydrogen-bond acceptors (Lipinski definition) is 0. The summed E-state index contributed by atoms with van der Waals surface area (Å²) in [5.41, 5.74) is 5.37. The van der Waals surface area contributed by atoms with E-state index in [4.69, 9.17) is 0 Å². The molecular weight excluding hydrogens is 316 g/mol. The molecule has 2 heterocycles. The van der Waals surface area contributed by atoms with E-state index in [-0.39, 0.29) is 0 Å². The van der Waals surface area contributed by atoms with Gasteiger partial charge in [-0.1, -0.05) is 42.5 Å². The van der Waals surface area contributed by atoms with Crippen LogP contribution in [0.4, 0.5) is 0 Å². The number of rotatable bonds is 3. The van der Waals surface area contributed by atoms with Gasteiger partial charge in [0.1, 0.15) is 0 Å². The van der Waals surface area contributed by atoms with Gasteiger partial charge in [0.15, 0.2) is 0 Å². The number of aromatic nitrogens is 2. The zero-order valence-corrected chi connectivity index (χ0v) is 14.5. The van der Waals surface area contributed by atoms with Gasteiger partial charge in [0.05, 0.1) is 15.8 Å². The maximum absolute atomic E-state index is 2.34. The summed E-state index contributed by atoms with van der Waals surface area (Å²) < 4.78 is 4.31. The van der Waals surface area contributed by atoms with Crippen molar-refractivity contribution in [2.45, 2.75) is 12.8 Å². The first-order valence-corrected chi connectivity index (χ1v) is 9.06. The lowest BCUT2D eigenvalue weighted by molar-refractivity contribution is -1.30. The Labute approximate surface area is 153 Å². The molecule has 2 nitrogen and oxygen atoms in total. The molecule has 124 valence electrons. The standard InChI is InChI=1S/C24H20N2/c1-3-13-25(14-4-1)26-15-5-2-12-23(26)18-19-16-21-10-6-8-20-9-7-11-22(17-19)24(20)21/h1-8,10-17H,9,18H2/q+2. The summed E-state index contributed by atoms with van der Waals surface area (Å²) in [6.45, 7) is 0. The van der Waals surface area contributed by atoms with Crippen molar-refractivity contribution >= 4 is 16.8 Å². The summed E-state index contributed by atoms with van der Waals surface area (Å²) in [6.07, 6.45) is 12.7. The molecule has 0 saturated carbocycles. The van der Waals surface area contributed by atoms with Crippen LogP contribution in [0.3, 0.4) is 0 Å². The third-order valence-corrected chi connectivity index (χ3v) is 5.04. The van der Waals surface area contributed by atoms with Crippen LogP contribution in [0.2, 0.25) is 0 Å². The smallest absolute Gasteiger partial charge is 0.0795 e. The van der Waals surface area contributed by atoms with Crippen LogP contribution in [0, 0.1) is 0 Å². The minimum Gasteiger partial charge on any atom is -0.0795 e. The third kappa shape index (κ3) is 2.60. The lowest BCUT2D eigenvalue weighted by Crippen LogP contribution is -2.67.